The Morgan fingerprint density at radius 1 is 1.30 bits per heavy atom. The summed E-state index contributed by atoms with van der Waals surface area (Å²) in [5.41, 5.74) is 0.698. The number of methoxy groups -OCH3 is 1. The molecule has 0 aliphatic carbocycles. The predicted octanol–water partition coefficient (Wildman–Crippen LogP) is 1.97. The second-order valence-corrected chi connectivity index (χ2v) is 7.40. The van der Waals surface area contributed by atoms with Gasteiger partial charge in [-0.05, 0) is 38.3 Å². The molecule has 0 unspecified atom stereocenters. The van der Waals surface area contributed by atoms with E-state index >= 15 is 0 Å². The van der Waals surface area contributed by atoms with Crippen LogP contribution in [0.25, 0.3) is 0 Å². The van der Waals surface area contributed by atoms with Crippen molar-refractivity contribution < 1.29 is 22.7 Å². The van der Waals surface area contributed by atoms with Crippen molar-refractivity contribution in [1.29, 1.82) is 0 Å². The van der Waals surface area contributed by atoms with Crippen molar-refractivity contribution in [2.24, 2.45) is 0 Å². The number of benzene rings is 1. The minimum Gasteiger partial charge on any atom is -0.465 e. The molecule has 0 atom stereocenters. The molecule has 7 heteroatoms. The lowest BCUT2D eigenvalue weighted by atomic mass is 10.1. The van der Waals surface area contributed by atoms with Gasteiger partial charge < -0.3 is 9.47 Å². The van der Waals surface area contributed by atoms with E-state index in [2.05, 4.69) is 0 Å². The molecule has 1 aromatic rings. The predicted molar refractivity (Wildman–Crippen MR) is 85.9 cm³/mol. The Kier molecular flexibility index (Phi) is 5.78. The molecule has 1 aromatic carbocycles. The average Bonchev–Trinajstić information content (AvgIpc) is 2.54. The highest BCUT2D eigenvalue weighted by atomic mass is 32.2. The lowest BCUT2D eigenvalue weighted by Crippen LogP contribution is -2.41. The lowest BCUT2D eigenvalue weighted by molar-refractivity contribution is 0.0289. The number of esters is 1. The van der Waals surface area contributed by atoms with Crippen molar-refractivity contribution in [3.63, 3.8) is 0 Å². The maximum Gasteiger partial charge on any atom is 0.339 e. The molecule has 1 saturated heterocycles. The van der Waals surface area contributed by atoms with E-state index in [4.69, 9.17) is 9.47 Å². The number of hydrogen-bond acceptors (Lipinski definition) is 5. The van der Waals surface area contributed by atoms with Gasteiger partial charge in [0.15, 0.2) is 0 Å². The van der Waals surface area contributed by atoms with Crippen LogP contribution in [0, 0.1) is 6.92 Å². The van der Waals surface area contributed by atoms with Crippen molar-refractivity contribution in [3.05, 3.63) is 29.3 Å². The van der Waals surface area contributed by atoms with Gasteiger partial charge in [0.05, 0.1) is 23.7 Å². The summed E-state index contributed by atoms with van der Waals surface area (Å²) in [6.45, 7) is 5.04. The molecular weight excluding hydrogens is 318 g/mol. The molecule has 1 fully saturated rings. The third-order valence-electron chi connectivity index (χ3n) is 4.05. The first-order chi connectivity index (χ1) is 10.9. The molecule has 1 aliphatic heterocycles. The zero-order valence-electron chi connectivity index (χ0n) is 13.7. The van der Waals surface area contributed by atoms with Crippen molar-refractivity contribution >= 4 is 16.0 Å². The van der Waals surface area contributed by atoms with Crippen LogP contribution in [-0.4, -0.2) is 51.6 Å². The van der Waals surface area contributed by atoms with Crippen LogP contribution in [-0.2, 0) is 19.5 Å². The summed E-state index contributed by atoms with van der Waals surface area (Å²) in [6.07, 6.45) is 1.42. The Morgan fingerprint density at radius 2 is 1.96 bits per heavy atom. The Hall–Kier alpha value is -1.44. The molecule has 0 bridgehead atoms. The smallest absolute Gasteiger partial charge is 0.339 e. The van der Waals surface area contributed by atoms with Gasteiger partial charge in [0.1, 0.15) is 0 Å². The molecule has 0 radical (unpaired) electrons. The summed E-state index contributed by atoms with van der Waals surface area (Å²) in [5, 5.41) is 0. The summed E-state index contributed by atoms with van der Waals surface area (Å²) in [4.78, 5) is 12.0. The fourth-order valence-electron chi connectivity index (χ4n) is 2.83. The van der Waals surface area contributed by atoms with Gasteiger partial charge in [-0.3, -0.25) is 0 Å². The Morgan fingerprint density at radius 3 is 2.52 bits per heavy atom. The highest BCUT2D eigenvalue weighted by Crippen LogP contribution is 2.26. The third kappa shape index (κ3) is 3.73. The zero-order valence-corrected chi connectivity index (χ0v) is 14.6. The van der Waals surface area contributed by atoms with E-state index in [1.807, 2.05) is 6.92 Å². The van der Waals surface area contributed by atoms with Crippen LogP contribution >= 0.6 is 0 Å². The topological polar surface area (TPSA) is 72.9 Å². The first-order valence-corrected chi connectivity index (χ1v) is 9.15. The second-order valence-electron chi connectivity index (χ2n) is 5.50. The number of nitrogens with zero attached hydrogens (tertiary/aromatic N) is 1. The standard InChI is InChI=1S/C16H23NO5S/c1-4-22-13-8-10-17(11-9-13)23(19,20)14-7-5-6-12(2)15(14)16(18)21-3/h5-7,13H,4,8-11H2,1-3H3. The minimum atomic E-state index is -3.73. The van der Waals surface area contributed by atoms with Gasteiger partial charge >= 0.3 is 5.97 Å². The first kappa shape index (κ1) is 17.9. The van der Waals surface area contributed by atoms with Gasteiger partial charge in [-0.1, -0.05) is 12.1 Å². The van der Waals surface area contributed by atoms with Crippen molar-refractivity contribution in [2.75, 3.05) is 26.8 Å². The largest absolute Gasteiger partial charge is 0.465 e. The fraction of sp³-hybridized carbons (Fsp3) is 0.562. The number of aryl methyl sites for hydroxylation is 1. The minimum absolute atomic E-state index is 0.0132. The average molecular weight is 341 g/mol. The van der Waals surface area contributed by atoms with Crippen molar-refractivity contribution in [2.45, 2.75) is 37.7 Å². The van der Waals surface area contributed by atoms with Gasteiger partial charge in [0, 0.05) is 19.7 Å². The van der Waals surface area contributed by atoms with Gasteiger partial charge in [-0.25, -0.2) is 13.2 Å². The van der Waals surface area contributed by atoms with Crippen LogP contribution in [0.3, 0.4) is 0 Å². The first-order valence-electron chi connectivity index (χ1n) is 7.71. The van der Waals surface area contributed by atoms with Gasteiger partial charge in [0.2, 0.25) is 10.0 Å². The molecule has 1 aliphatic rings. The van der Waals surface area contributed by atoms with E-state index in [0.29, 0.717) is 38.1 Å². The second kappa shape index (κ2) is 7.42. The Labute approximate surface area is 137 Å². The molecular formula is C16H23NO5S. The number of carbonyl (C=O) groups excluding carboxylic acids is 1. The van der Waals surface area contributed by atoms with E-state index in [1.54, 1.807) is 19.1 Å². The number of carbonyl (C=O) groups is 1. The van der Waals surface area contributed by atoms with E-state index in [9.17, 15) is 13.2 Å². The molecule has 128 valence electrons. The Balaban J connectivity index is 2.31. The summed E-state index contributed by atoms with van der Waals surface area (Å²) in [6, 6.07) is 4.80. The highest BCUT2D eigenvalue weighted by Gasteiger charge is 2.33. The van der Waals surface area contributed by atoms with Gasteiger partial charge in [0.25, 0.3) is 0 Å². The summed E-state index contributed by atoms with van der Waals surface area (Å²) >= 11 is 0. The highest BCUT2D eigenvalue weighted by molar-refractivity contribution is 7.89. The van der Waals surface area contributed by atoms with Crippen molar-refractivity contribution in [1.82, 2.24) is 4.31 Å². The van der Waals surface area contributed by atoms with E-state index in [1.165, 1.54) is 17.5 Å². The molecule has 0 N–H and O–H groups in total. The molecule has 2 rings (SSSR count). The third-order valence-corrected chi connectivity index (χ3v) is 5.99. The van der Waals surface area contributed by atoms with E-state index in [-0.39, 0.29) is 16.6 Å². The number of piperidine rings is 1. The molecule has 0 saturated carbocycles. The SMILES string of the molecule is CCOC1CCN(S(=O)(=O)c2cccc(C)c2C(=O)OC)CC1. The number of hydrogen-bond donors (Lipinski definition) is 0. The zero-order chi connectivity index (χ0) is 17.0. The molecule has 0 amide bonds. The monoisotopic (exact) mass is 341 g/mol. The molecule has 0 spiro atoms. The Bertz CT molecular complexity index is 663. The van der Waals surface area contributed by atoms with E-state index < -0.39 is 16.0 Å². The summed E-state index contributed by atoms with van der Waals surface area (Å²) < 4.78 is 37.6. The van der Waals surface area contributed by atoms with Gasteiger partial charge in [-0.15, -0.1) is 0 Å². The lowest BCUT2D eigenvalue weighted by Gasteiger charge is -2.31. The summed E-state index contributed by atoms with van der Waals surface area (Å²) in [7, 11) is -2.48. The van der Waals surface area contributed by atoms with Crippen LogP contribution < -0.4 is 0 Å². The normalized spacial score (nSPS) is 17.2. The number of ether oxygens (including phenoxy) is 2. The van der Waals surface area contributed by atoms with Crippen LogP contribution in [0.1, 0.15) is 35.7 Å². The summed E-state index contributed by atoms with van der Waals surface area (Å²) in [5.74, 6) is -0.633. The van der Waals surface area contributed by atoms with Gasteiger partial charge in [-0.2, -0.15) is 4.31 Å². The van der Waals surface area contributed by atoms with Crippen LogP contribution in [0.15, 0.2) is 23.1 Å². The molecule has 6 nitrogen and oxygen atoms in total. The fourth-order valence-corrected chi connectivity index (χ4v) is 4.56. The van der Waals surface area contributed by atoms with Crippen LogP contribution in [0.2, 0.25) is 0 Å². The quantitative estimate of drug-likeness (QED) is 0.766. The number of rotatable bonds is 5. The molecule has 0 aromatic heterocycles. The number of sulfonamides is 1. The maximum atomic E-state index is 12.9. The van der Waals surface area contributed by atoms with Crippen LogP contribution in [0.4, 0.5) is 0 Å². The van der Waals surface area contributed by atoms with Crippen molar-refractivity contribution in [3.8, 4) is 0 Å². The molecule has 1 heterocycles. The van der Waals surface area contributed by atoms with Crippen LogP contribution in [0.5, 0.6) is 0 Å². The molecule has 23 heavy (non-hydrogen) atoms. The van der Waals surface area contributed by atoms with E-state index in [0.717, 1.165) is 0 Å². The maximum absolute atomic E-state index is 12.9.